The van der Waals surface area contributed by atoms with Gasteiger partial charge in [0, 0.05) is 26.2 Å². The molecule has 1 heterocycles. The van der Waals surface area contributed by atoms with Gasteiger partial charge in [-0.1, -0.05) is 6.92 Å². The summed E-state index contributed by atoms with van der Waals surface area (Å²) in [5.74, 6) is -0.0841. The van der Waals surface area contributed by atoms with Crippen LogP contribution in [0.1, 0.15) is 13.8 Å². The van der Waals surface area contributed by atoms with Crippen molar-refractivity contribution in [2.75, 3.05) is 30.4 Å². The average Bonchev–Trinajstić information content (AvgIpc) is 2.36. The summed E-state index contributed by atoms with van der Waals surface area (Å²) in [6.07, 6.45) is 0.935. The van der Waals surface area contributed by atoms with Gasteiger partial charge in [0.1, 0.15) is 18.0 Å². The van der Waals surface area contributed by atoms with Crippen LogP contribution in [0.25, 0.3) is 0 Å². The molecule has 0 aliphatic rings. The van der Waals surface area contributed by atoms with Crippen LogP contribution in [0.5, 0.6) is 0 Å². The number of aliphatic carboxylic acids is 1. The highest BCUT2D eigenvalue weighted by Crippen LogP contribution is 2.14. The highest BCUT2D eigenvalue weighted by Gasteiger charge is 2.15. The first kappa shape index (κ1) is 15.2. The summed E-state index contributed by atoms with van der Waals surface area (Å²) in [6, 6.07) is 1.72. The Kier molecular flexibility index (Phi) is 5.50. The fraction of sp³-hybridized carbons (Fsp3) is 0.583. The highest BCUT2D eigenvalue weighted by molar-refractivity contribution is 5.70. The normalized spacial score (nSPS) is 13.7. The molecule has 0 aliphatic heterocycles. The molecule has 7 heteroatoms. The number of hydrogen-bond acceptors (Lipinski definition) is 6. The number of hydrogen-bond donors (Lipinski definition) is 3. The van der Waals surface area contributed by atoms with Gasteiger partial charge < -0.3 is 20.4 Å². The fourth-order valence-corrected chi connectivity index (χ4v) is 1.49. The molecule has 19 heavy (non-hydrogen) atoms. The Morgan fingerprint density at radius 1 is 1.47 bits per heavy atom. The molecule has 0 bridgehead atoms. The lowest BCUT2D eigenvalue weighted by molar-refractivity contribution is -0.140. The van der Waals surface area contributed by atoms with Crippen molar-refractivity contribution in [3.05, 3.63) is 12.4 Å². The molecular formula is C12H20N4O3. The SMILES string of the molecule is CC(O)CNc1cc(N(C)CC(C)C(=O)O)ncn1. The minimum absolute atomic E-state index is 0.363. The molecule has 1 aromatic rings. The van der Waals surface area contributed by atoms with Crippen LogP contribution in [-0.4, -0.2) is 52.4 Å². The van der Waals surface area contributed by atoms with E-state index in [1.54, 1.807) is 31.9 Å². The van der Waals surface area contributed by atoms with Crippen LogP contribution in [0, 0.1) is 5.92 Å². The Labute approximate surface area is 112 Å². The summed E-state index contributed by atoms with van der Waals surface area (Å²) in [4.78, 5) is 20.7. The lowest BCUT2D eigenvalue weighted by atomic mass is 10.2. The van der Waals surface area contributed by atoms with E-state index in [1.807, 2.05) is 0 Å². The highest BCUT2D eigenvalue weighted by atomic mass is 16.4. The third kappa shape index (κ3) is 5.09. The molecule has 0 spiro atoms. The maximum Gasteiger partial charge on any atom is 0.308 e. The number of carbonyl (C=O) groups is 1. The van der Waals surface area contributed by atoms with Crippen molar-refractivity contribution in [1.82, 2.24) is 9.97 Å². The van der Waals surface area contributed by atoms with Gasteiger partial charge >= 0.3 is 5.97 Å². The largest absolute Gasteiger partial charge is 0.481 e. The predicted octanol–water partition coefficient (Wildman–Crippen LogP) is 0.426. The third-order valence-corrected chi connectivity index (χ3v) is 2.59. The lowest BCUT2D eigenvalue weighted by Crippen LogP contribution is -2.29. The van der Waals surface area contributed by atoms with Crippen molar-refractivity contribution in [3.63, 3.8) is 0 Å². The van der Waals surface area contributed by atoms with Gasteiger partial charge in [-0.15, -0.1) is 0 Å². The van der Waals surface area contributed by atoms with Crippen LogP contribution in [0.2, 0.25) is 0 Å². The predicted molar refractivity (Wildman–Crippen MR) is 72.3 cm³/mol. The van der Waals surface area contributed by atoms with Crippen molar-refractivity contribution < 1.29 is 15.0 Å². The summed E-state index contributed by atoms with van der Waals surface area (Å²) in [5.41, 5.74) is 0. The number of rotatable bonds is 7. The van der Waals surface area contributed by atoms with E-state index < -0.39 is 18.0 Å². The molecule has 106 valence electrons. The molecule has 0 aliphatic carbocycles. The average molecular weight is 268 g/mol. The van der Waals surface area contributed by atoms with Gasteiger partial charge in [0.2, 0.25) is 0 Å². The molecule has 0 aromatic carbocycles. The van der Waals surface area contributed by atoms with Gasteiger partial charge in [-0.2, -0.15) is 0 Å². The van der Waals surface area contributed by atoms with E-state index in [1.165, 1.54) is 6.33 Å². The number of aliphatic hydroxyl groups excluding tert-OH is 1. The van der Waals surface area contributed by atoms with Crippen molar-refractivity contribution in [2.24, 2.45) is 5.92 Å². The molecule has 2 atom stereocenters. The van der Waals surface area contributed by atoms with Gasteiger partial charge in [0.25, 0.3) is 0 Å². The molecule has 2 unspecified atom stereocenters. The second-order valence-electron chi connectivity index (χ2n) is 4.61. The fourth-order valence-electron chi connectivity index (χ4n) is 1.49. The van der Waals surface area contributed by atoms with Crippen molar-refractivity contribution >= 4 is 17.6 Å². The van der Waals surface area contributed by atoms with E-state index in [4.69, 9.17) is 5.11 Å². The van der Waals surface area contributed by atoms with Gasteiger partial charge in [-0.3, -0.25) is 4.79 Å². The standard InChI is InChI=1S/C12H20N4O3/c1-8(12(18)19)6-16(3)11-4-10(14-7-15-11)13-5-9(2)17/h4,7-9,17H,5-6H2,1-3H3,(H,18,19)(H,13,14,15). The van der Waals surface area contributed by atoms with E-state index in [2.05, 4.69) is 15.3 Å². The van der Waals surface area contributed by atoms with E-state index in [0.717, 1.165) is 0 Å². The van der Waals surface area contributed by atoms with Crippen molar-refractivity contribution in [1.29, 1.82) is 0 Å². The summed E-state index contributed by atoms with van der Waals surface area (Å²) in [6.45, 7) is 4.08. The van der Waals surface area contributed by atoms with E-state index in [0.29, 0.717) is 24.7 Å². The minimum atomic E-state index is -0.839. The van der Waals surface area contributed by atoms with Crippen LogP contribution in [0.3, 0.4) is 0 Å². The summed E-state index contributed by atoms with van der Waals surface area (Å²) >= 11 is 0. The van der Waals surface area contributed by atoms with E-state index in [-0.39, 0.29) is 0 Å². The van der Waals surface area contributed by atoms with Gasteiger partial charge in [0.15, 0.2) is 0 Å². The molecule has 0 radical (unpaired) electrons. The summed E-state index contributed by atoms with van der Waals surface area (Å²) < 4.78 is 0. The van der Waals surface area contributed by atoms with Crippen molar-refractivity contribution in [2.45, 2.75) is 20.0 Å². The zero-order chi connectivity index (χ0) is 14.4. The summed E-state index contributed by atoms with van der Waals surface area (Å²) in [5, 5.41) is 21.0. The Hall–Kier alpha value is -1.89. The Morgan fingerprint density at radius 3 is 2.74 bits per heavy atom. The molecule has 1 aromatic heterocycles. The van der Waals surface area contributed by atoms with Crippen LogP contribution >= 0.6 is 0 Å². The maximum absolute atomic E-state index is 10.8. The lowest BCUT2D eigenvalue weighted by Gasteiger charge is -2.20. The Morgan fingerprint density at radius 2 is 2.16 bits per heavy atom. The third-order valence-electron chi connectivity index (χ3n) is 2.59. The van der Waals surface area contributed by atoms with Gasteiger partial charge in [0.05, 0.1) is 12.0 Å². The number of carboxylic acid groups (broad SMARTS) is 1. The Bertz CT molecular complexity index is 425. The molecule has 3 N–H and O–H groups in total. The quantitative estimate of drug-likeness (QED) is 0.659. The Balaban J connectivity index is 2.67. The van der Waals surface area contributed by atoms with E-state index >= 15 is 0 Å². The number of aromatic nitrogens is 2. The molecule has 0 saturated heterocycles. The van der Waals surface area contributed by atoms with Crippen LogP contribution in [0.4, 0.5) is 11.6 Å². The molecular weight excluding hydrogens is 248 g/mol. The first-order chi connectivity index (χ1) is 8.90. The number of nitrogens with one attached hydrogen (secondary N) is 1. The second kappa shape index (κ2) is 6.89. The van der Waals surface area contributed by atoms with Crippen LogP contribution in [0.15, 0.2) is 12.4 Å². The molecule has 0 amide bonds. The van der Waals surface area contributed by atoms with Crippen molar-refractivity contribution in [3.8, 4) is 0 Å². The maximum atomic E-state index is 10.8. The van der Waals surface area contributed by atoms with Gasteiger partial charge in [-0.25, -0.2) is 9.97 Å². The number of anilines is 2. The molecule has 0 saturated carbocycles. The number of carboxylic acids is 1. The molecule has 7 nitrogen and oxygen atoms in total. The minimum Gasteiger partial charge on any atom is -0.481 e. The van der Waals surface area contributed by atoms with Gasteiger partial charge in [-0.05, 0) is 6.92 Å². The molecule has 1 rings (SSSR count). The zero-order valence-electron chi connectivity index (χ0n) is 11.4. The topological polar surface area (TPSA) is 98.6 Å². The first-order valence-corrected chi connectivity index (χ1v) is 6.08. The smallest absolute Gasteiger partial charge is 0.308 e. The zero-order valence-corrected chi connectivity index (χ0v) is 11.4. The van der Waals surface area contributed by atoms with Crippen LogP contribution in [-0.2, 0) is 4.79 Å². The number of nitrogens with zero attached hydrogens (tertiary/aromatic N) is 3. The monoisotopic (exact) mass is 268 g/mol. The van der Waals surface area contributed by atoms with Crippen LogP contribution < -0.4 is 10.2 Å². The first-order valence-electron chi connectivity index (χ1n) is 6.08. The second-order valence-corrected chi connectivity index (χ2v) is 4.61. The number of aliphatic hydroxyl groups is 1. The summed E-state index contributed by atoms with van der Waals surface area (Å²) in [7, 11) is 1.78. The van der Waals surface area contributed by atoms with E-state index in [9.17, 15) is 9.90 Å². The molecule has 0 fully saturated rings.